The highest BCUT2D eigenvalue weighted by molar-refractivity contribution is 6.34. The lowest BCUT2D eigenvalue weighted by Crippen LogP contribution is -2.48. The Morgan fingerprint density at radius 3 is 2.86 bits per heavy atom. The highest BCUT2D eigenvalue weighted by atomic mass is 35.5. The Labute approximate surface area is 206 Å². The summed E-state index contributed by atoms with van der Waals surface area (Å²) in [6, 6.07) is 6.24. The van der Waals surface area contributed by atoms with Crippen LogP contribution in [0.1, 0.15) is 24.8 Å². The number of nitrogens with zero attached hydrogens (tertiary/aromatic N) is 7. The van der Waals surface area contributed by atoms with Crippen LogP contribution in [0.15, 0.2) is 18.3 Å². The molecule has 35 heavy (non-hydrogen) atoms. The number of ether oxygens (including phenoxy) is 2. The van der Waals surface area contributed by atoms with E-state index in [4.69, 9.17) is 27.6 Å². The summed E-state index contributed by atoms with van der Waals surface area (Å²) in [5.41, 5.74) is 1.33. The molecule has 1 saturated carbocycles. The van der Waals surface area contributed by atoms with Crippen LogP contribution in [0.5, 0.6) is 5.75 Å². The third-order valence-corrected chi connectivity index (χ3v) is 6.79. The Bertz CT molecular complexity index is 1370. The van der Waals surface area contributed by atoms with Crippen LogP contribution in [0.25, 0.3) is 10.5 Å². The zero-order valence-corrected chi connectivity index (χ0v) is 19.5. The summed E-state index contributed by atoms with van der Waals surface area (Å²) >= 11 is 6.72. The van der Waals surface area contributed by atoms with Crippen molar-refractivity contribution >= 4 is 40.5 Å². The van der Waals surface area contributed by atoms with Crippen molar-refractivity contribution in [2.24, 2.45) is 0 Å². The van der Waals surface area contributed by atoms with Gasteiger partial charge in [-0.2, -0.15) is 10.2 Å². The molecule has 2 aliphatic heterocycles. The molecule has 4 heterocycles. The molecular formula is C23H22ClN9O2. The molecule has 11 nitrogen and oxygen atoms in total. The van der Waals surface area contributed by atoms with Crippen LogP contribution >= 0.6 is 11.6 Å². The highest BCUT2D eigenvalue weighted by Crippen LogP contribution is 2.37. The monoisotopic (exact) mass is 491 g/mol. The number of halogens is 1. The van der Waals surface area contributed by atoms with Crippen LogP contribution in [-0.4, -0.2) is 69.0 Å². The molecule has 3 fully saturated rings. The van der Waals surface area contributed by atoms with E-state index < -0.39 is 0 Å². The minimum Gasteiger partial charge on any atom is -0.487 e. The van der Waals surface area contributed by atoms with E-state index in [1.165, 1.54) is 10.7 Å². The van der Waals surface area contributed by atoms with Crippen LogP contribution in [0, 0.1) is 17.9 Å². The number of aromatic nitrogens is 4. The van der Waals surface area contributed by atoms with E-state index >= 15 is 0 Å². The maximum atomic E-state index is 9.61. The van der Waals surface area contributed by atoms with E-state index in [0.717, 1.165) is 45.6 Å². The van der Waals surface area contributed by atoms with Gasteiger partial charge in [-0.25, -0.2) is 4.98 Å². The SMILES string of the molecule is [C-]#[N+]c1cnc2c(NC3CC3)nc(Nc3cc(C#N)cc(OC4CCN(C5COC5)C4)c3Cl)nn12. The summed E-state index contributed by atoms with van der Waals surface area (Å²) in [6.07, 6.45) is 4.43. The summed E-state index contributed by atoms with van der Waals surface area (Å²) in [7, 11) is 0. The van der Waals surface area contributed by atoms with Gasteiger partial charge < -0.3 is 25.0 Å². The Balaban J connectivity index is 1.29. The summed E-state index contributed by atoms with van der Waals surface area (Å²) in [5.74, 6) is 1.47. The van der Waals surface area contributed by atoms with Crippen molar-refractivity contribution in [2.45, 2.75) is 37.5 Å². The fourth-order valence-corrected chi connectivity index (χ4v) is 4.47. The zero-order chi connectivity index (χ0) is 23.9. The molecule has 0 radical (unpaired) electrons. The minimum atomic E-state index is -0.0241. The molecule has 1 aliphatic carbocycles. The Morgan fingerprint density at radius 1 is 1.29 bits per heavy atom. The van der Waals surface area contributed by atoms with Gasteiger partial charge in [-0.3, -0.25) is 4.90 Å². The predicted molar refractivity (Wildman–Crippen MR) is 128 cm³/mol. The quantitative estimate of drug-likeness (QED) is 0.479. The van der Waals surface area contributed by atoms with Crippen molar-refractivity contribution in [3.63, 3.8) is 0 Å². The molecule has 178 valence electrons. The molecule has 0 bridgehead atoms. The Morgan fingerprint density at radius 2 is 2.14 bits per heavy atom. The standard InChI is InChI=1S/C23H22ClN9O2/c1-26-19-9-27-22-21(28-14-2-3-14)30-23(31-33(19)22)29-17-6-13(8-25)7-18(20(17)24)35-16-4-5-32(10-16)15-11-34-12-15/h6-7,9,14-16H,2-5,10-12H2,(H2,28,29,30,31). The Hall–Kier alpha value is -3.64. The molecular weight excluding hydrogens is 470 g/mol. The van der Waals surface area contributed by atoms with E-state index in [1.807, 2.05) is 0 Å². The lowest BCUT2D eigenvalue weighted by molar-refractivity contribution is -0.0592. The van der Waals surface area contributed by atoms with Gasteiger partial charge in [-0.15, -0.1) is 4.52 Å². The van der Waals surface area contributed by atoms with Crippen molar-refractivity contribution < 1.29 is 9.47 Å². The van der Waals surface area contributed by atoms with Crippen LogP contribution < -0.4 is 15.4 Å². The highest BCUT2D eigenvalue weighted by Gasteiger charge is 2.33. The smallest absolute Gasteiger partial charge is 0.275 e. The van der Waals surface area contributed by atoms with Crippen molar-refractivity contribution in [1.29, 1.82) is 5.26 Å². The maximum absolute atomic E-state index is 9.61. The number of fused-ring (bicyclic) bond motifs is 1. The van der Waals surface area contributed by atoms with E-state index in [2.05, 4.69) is 41.5 Å². The van der Waals surface area contributed by atoms with Crippen LogP contribution in [0.3, 0.4) is 0 Å². The van der Waals surface area contributed by atoms with Gasteiger partial charge in [0.1, 0.15) is 16.9 Å². The van der Waals surface area contributed by atoms with Gasteiger partial charge in [0.05, 0.1) is 42.8 Å². The molecule has 0 spiro atoms. The molecule has 2 N–H and O–H groups in total. The van der Waals surface area contributed by atoms with Crippen molar-refractivity contribution in [3.05, 3.63) is 40.3 Å². The van der Waals surface area contributed by atoms with E-state index in [9.17, 15) is 5.26 Å². The summed E-state index contributed by atoms with van der Waals surface area (Å²) in [6.45, 7) is 10.7. The molecule has 2 aromatic heterocycles. The molecule has 1 atom stereocenters. The third kappa shape index (κ3) is 4.30. The first-order valence-corrected chi connectivity index (χ1v) is 11.9. The van der Waals surface area contributed by atoms with Crippen LogP contribution in [-0.2, 0) is 4.74 Å². The van der Waals surface area contributed by atoms with E-state index in [1.54, 1.807) is 12.1 Å². The van der Waals surface area contributed by atoms with Crippen molar-refractivity contribution in [1.82, 2.24) is 24.5 Å². The number of benzene rings is 1. The number of hydrogen-bond donors (Lipinski definition) is 2. The zero-order valence-electron chi connectivity index (χ0n) is 18.7. The number of anilines is 3. The normalized spacial score (nSPS) is 20.3. The van der Waals surface area contributed by atoms with Gasteiger partial charge in [0.15, 0.2) is 5.82 Å². The lowest BCUT2D eigenvalue weighted by Gasteiger charge is -2.34. The molecule has 12 heteroatoms. The average Bonchev–Trinajstić information content (AvgIpc) is 3.36. The number of hydrogen-bond acceptors (Lipinski definition) is 9. The van der Waals surface area contributed by atoms with E-state index in [0.29, 0.717) is 45.6 Å². The van der Waals surface area contributed by atoms with Crippen molar-refractivity contribution in [3.8, 4) is 11.8 Å². The molecule has 1 aromatic carbocycles. The summed E-state index contributed by atoms with van der Waals surface area (Å²) in [4.78, 5) is 14.7. The molecule has 0 amide bonds. The molecule has 3 aliphatic rings. The summed E-state index contributed by atoms with van der Waals surface area (Å²) < 4.78 is 13.0. The van der Waals surface area contributed by atoms with Gasteiger partial charge in [0.2, 0.25) is 0 Å². The van der Waals surface area contributed by atoms with Gasteiger partial charge in [0.25, 0.3) is 17.4 Å². The van der Waals surface area contributed by atoms with Crippen molar-refractivity contribution in [2.75, 3.05) is 36.9 Å². The second-order valence-electron chi connectivity index (χ2n) is 8.95. The van der Waals surface area contributed by atoms with Gasteiger partial charge >= 0.3 is 0 Å². The fraction of sp³-hybridized carbons (Fsp3) is 0.435. The molecule has 1 unspecified atom stereocenters. The topological polar surface area (TPSA) is 117 Å². The number of nitriles is 1. The first kappa shape index (κ1) is 21.9. The number of imidazole rings is 1. The minimum absolute atomic E-state index is 0.0241. The van der Waals surface area contributed by atoms with Crippen LogP contribution in [0.2, 0.25) is 5.02 Å². The third-order valence-electron chi connectivity index (χ3n) is 6.40. The van der Waals surface area contributed by atoms with Gasteiger partial charge in [-0.1, -0.05) is 23.3 Å². The molecule has 6 rings (SSSR count). The van der Waals surface area contributed by atoms with Crippen LogP contribution in [0.4, 0.5) is 23.3 Å². The first-order chi connectivity index (χ1) is 17.1. The predicted octanol–water partition coefficient (Wildman–Crippen LogP) is 3.37. The maximum Gasteiger partial charge on any atom is 0.275 e. The largest absolute Gasteiger partial charge is 0.487 e. The number of likely N-dealkylation sites (tertiary alicyclic amines) is 1. The fourth-order valence-electron chi connectivity index (χ4n) is 4.27. The molecule has 3 aromatic rings. The second-order valence-corrected chi connectivity index (χ2v) is 9.33. The van der Waals surface area contributed by atoms with Gasteiger partial charge in [-0.05, 0) is 31.4 Å². The summed E-state index contributed by atoms with van der Waals surface area (Å²) in [5, 5.41) is 20.8. The second kappa shape index (κ2) is 8.86. The molecule has 2 saturated heterocycles. The number of nitrogens with one attached hydrogen (secondary N) is 2. The lowest BCUT2D eigenvalue weighted by atomic mass is 10.2. The van der Waals surface area contributed by atoms with Gasteiger partial charge in [0, 0.05) is 19.1 Å². The number of rotatable bonds is 7. The first-order valence-electron chi connectivity index (χ1n) is 11.5. The van der Waals surface area contributed by atoms with E-state index in [-0.39, 0.29) is 17.9 Å². The average molecular weight is 492 g/mol. The Kier molecular flexibility index (Phi) is 5.53.